The number of primary amides is 1. The first-order valence-corrected chi connectivity index (χ1v) is 7.90. The first kappa shape index (κ1) is 16.8. The molecule has 1 aromatic heterocycles. The Kier molecular flexibility index (Phi) is 6.26. The molecule has 0 atom stereocenters. The van der Waals surface area contributed by atoms with Gasteiger partial charge >= 0.3 is 0 Å². The van der Waals surface area contributed by atoms with Crippen LogP contribution in [-0.2, 0) is 0 Å². The molecule has 1 aromatic rings. The number of nitrogens with two attached hydrogens (primary N) is 2. The van der Waals surface area contributed by atoms with E-state index in [-0.39, 0.29) is 5.82 Å². The standard InChI is InChI=1S/C14H26N4OS/c1-9(2)5-7-18(8-6-10(3)4)14-11(13(16)19)12(15)17-20-14/h9-10H,5-8H2,1-4H3,(H2,15,17)(H2,16,19). The molecule has 0 unspecified atom stereocenters. The second-order valence-electron chi connectivity index (χ2n) is 5.96. The average Bonchev–Trinajstić information content (AvgIpc) is 2.70. The molecule has 0 aliphatic carbocycles. The Morgan fingerprint density at radius 3 is 2.10 bits per heavy atom. The fraction of sp³-hybridized carbons (Fsp3) is 0.714. The summed E-state index contributed by atoms with van der Waals surface area (Å²) in [7, 11) is 0. The minimum absolute atomic E-state index is 0.247. The highest BCUT2D eigenvalue weighted by Gasteiger charge is 2.21. The van der Waals surface area contributed by atoms with Gasteiger partial charge in [-0.25, -0.2) is 0 Å². The van der Waals surface area contributed by atoms with Crippen LogP contribution in [0.2, 0.25) is 0 Å². The molecule has 0 aliphatic heterocycles. The number of anilines is 2. The van der Waals surface area contributed by atoms with Crippen LogP contribution in [0.3, 0.4) is 0 Å². The SMILES string of the molecule is CC(C)CCN(CCC(C)C)c1snc(N)c1C(N)=O. The third kappa shape index (κ3) is 4.67. The van der Waals surface area contributed by atoms with Crippen LogP contribution in [0.15, 0.2) is 0 Å². The van der Waals surface area contributed by atoms with E-state index >= 15 is 0 Å². The van der Waals surface area contributed by atoms with Crippen molar-refractivity contribution in [3.05, 3.63) is 5.56 Å². The van der Waals surface area contributed by atoms with Gasteiger partial charge in [-0.3, -0.25) is 4.79 Å². The molecule has 1 amide bonds. The number of amides is 1. The highest BCUT2D eigenvalue weighted by atomic mass is 32.1. The van der Waals surface area contributed by atoms with Gasteiger partial charge in [0.05, 0.1) is 0 Å². The Balaban J connectivity index is 2.93. The van der Waals surface area contributed by atoms with E-state index in [9.17, 15) is 4.79 Å². The summed E-state index contributed by atoms with van der Waals surface area (Å²) in [5, 5.41) is 0.816. The van der Waals surface area contributed by atoms with Crippen LogP contribution in [-0.4, -0.2) is 23.4 Å². The van der Waals surface area contributed by atoms with Gasteiger partial charge in [0, 0.05) is 13.1 Å². The number of nitrogen functional groups attached to an aromatic ring is 1. The number of rotatable bonds is 8. The zero-order chi connectivity index (χ0) is 15.3. The molecule has 0 radical (unpaired) electrons. The molecule has 0 spiro atoms. The van der Waals surface area contributed by atoms with Gasteiger partial charge in [0.25, 0.3) is 5.91 Å². The highest BCUT2D eigenvalue weighted by Crippen LogP contribution is 2.31. The summed E-state index contributed by atoms with van der Waals surface area (Å²) in [6.45, 7) is 10.6. The Morgan fingerprint density at radius 1 is 1.20 bits per heavy atom. The van der Waals surface area contributed by atoms with Crippen LogP contribution < -0.4 is 16.4 Å². The van der Waals surface area contributed by atoms with Crippen LogP contribution in [0.25, 0.3) is 0 Å². The lowest BCUT2D eigenvalue weighted by molar-refractivity contribution is 0.100. The molecule has 6 heteroatoms. The summed E-state index contributed by atoms with van der Waals surface area (Å²) in [5.74, 6) is 0.972. The lowest BCUT2D eigenvalue weighted by Gasteiger charge is -2.25. The lowest BCUT2D eigenvalue weighted by Crippen LogP contribution is -2.29. The molecular weight excluding hydrogens is 272 g/mol. The zero-order valence-electron chi connectivity index (χ0n) is 12.8. The third-order valence-electron chi connectivity index (χ3n) is 3.19. The Morgan fingerprint density at radius 2 is 1.70 bits per heavy atom. The molecule has 5 nitrogen and oxygen atoms in total. The first-order valence-electron chi connectivity index (χ1n) is 7.12. The second kappa shape index (κ2) is 7.47. The van der Waals surface area contributed by atoms with Crippen molar-refractivity contribution in [2.24, 2.45) is 17.6 Å². The number of hydrogen-bond acceptors (Lipinski definition) is 5. The van der Waals surface area contributed by atoms with Crippen molar-refractivity contribution in [3.8, 4) is 0 Å². The smallest absolute Gasteiger partial charge is 0.255 e. The average molecular weight is 298 g/mol. The van der Waals surface area contributed by atoms with E-state index in [0.29, 0.717) is 17.4 Å². The van der Waals surface area contributed by atoms with E-state index in [1.807, 2.05) is 0 Å². The molecule has 4 N–H and O–H groups in total. The largest absolute Gasteiger partial charge is 0.382 e. The molecular formula is C14H26N4OS. The van der Waals surface area contributed by atoms with Crippen LogP contribution in [0.4, 0.5) is 10.8 Å². The normalized spacial score (nSPS) is 11.3. The molecule has 0 saturated heterocycles. The van der Waals surface area contributed by atoms with Crippen LogP contribution in [0, 0.1) is 11.8 Å². The minimum Gasteiger partial charge on any atom is -0.382 e. The van der Waals surface area contributed by atoms with Crippen molar-refractivity contribution in [1.29, 1.82) is 0 Å². The fourth-order valence-electron chi connectivity index (χ4n) is 1.88. The number of carbonyl (C=O) groups excluding carboxylic acids is 1. The third-order valence-corrected chi connectivity index (χ3v) is 4.11. The summed E-state index contributed by atoms with van der Waals surface area (Å²) in [4.78, 5) is 13.8. The van der Waals surface area contributed by atoms with Gasteiger partial charge in [-0.15, -0.1) is 0 Å². The summed E-state index contributed by atoms with van der Waals surface area (Å²) < 4.78 is 4.09. The van der Waals surface area contributed by atoms with E-state index < -0.39 is 5.91 Å². The molecule has 0 fully saturated rings. The second-order valence-corrected chi connectivity index (χ2v) is 6.72. The van der Waals surface area contributed by atoms with E-state index in [1.165, 1.54) is 11.5 Å². The van der Waals surface area contributed by atoms with Crippen molar-refractivity contribution < 1.29 is 4.79 Å². The predicted octanol–water partition coefficient (Wildman–Crippen LogP) is 2.72. The van der Waals surface area contributed by atoms with Crippen molar-refractivity contribution in [1.82, 2.24) is 4.37 Å². The number of aromatic nitrogens is 1. The molecule has 0 saturated carbocycles. The summed E-state index contributed by atoms with van der Waals surface area (Å²) in [6.07, 6.45) is 2.13. The van der Waals surface area contributed by atoms with Gasteiger partial charge in [0.2, 0.25) is 0 Å². The first-order chi connectivity index (χ1) is 9.32. The number of carbonyl (C=O) groups is 1. The van der Waals surface area contributed by atoms with Crippen LogP contribution >= 0.6 is 11.5 Å². The fourth-order valence-corrected chi connectivity index (χ4v) is 2.75. The lowest BCUT2D eigenvalue weighted by atomic mass is 10.1. The Labute approximate surface area is 125 Å². The molecule has 1 heterocycles. The van der Waals surface area contributed by atoms with Crippen LogP contribution in [0.1, 0.15) is 50.9 Å². The van der Waals surface area contributed by atoms with Crippen molar-refractivity contribution >= 4 is 28.3 Å². The minimum atomic E-state index is -0.495. The summed E-state index contributed by atoms with van der Waals surface area (Å²) in [6, 6.07) is 0. The van der Waals surface area contributed by atoms with Gasteiger partial charge in [0.15, 0.2) is 5.82 Å². The van der Waals surface area contributed by atoms with Crippen LogP contribution in [0.5, 0.6) is 0 Å². The van der Waals surface area contributed by atoms with E-state index in [4.69, 9.17) is 11.5 Å². The van der Waals surface area contributed by atoms with Crippen molar-refractivity contribution in [3.63, 3.8) is 0 Å². The van der Waals surface area contributed by atoms with Gasteiger partial charge < -0.3 is 16.4 Å². The number of hydrogen-bond donors (Lipinski definition) is 2. The number of nitrogens with zero attached hydrogens (tertiary/aromatic N) is 2. The summed E-state index contributed by atoms with van der Waals surface area (Å²) in [5.41, 5.74) is 11.6. The molecule has 114 valence electrons. The maximum absolute atomic E-state index is 11.6. The zero-order valence-corrected chi connectivity index (χ0v) is 13.7. The Bertz CT molecular complexity index is 430. The quantitative estimate of drug-likeness (QED) is 0.772. The van der Waals surface area contributed by atoms with E-state index in [2.05, 4.69) is 37.0 Å². The molecule has 0 aliphatic rings. The molecule has 1 rings (SSSR count). The van der Waals surface area contributed by atoms with Crippen molar-refractivity contribution in [2.75, 3.05) is 23.7 Å². The summed E-state index contributed by atoms with van der Waals surface area (Å²) >= 11 is 1.27. The molecule has 20 heavy (non-hydrogen) atoms. The van der Waals surface area contributed by atoms with Crippen molar-refractivity contribution in [2.45, 2.75) is 40.5 Å². The van der Waals surface area contributed by atoms with E-state index in [0.717, 1.165) is 30.9 Å². The van der Waals surface area contributed by atoms with Gasteiger partial charge in [-0.2, -0.15) is 4.37 Å². The van der Waals surface area contributed by atoms with Gasteiger partial charge in [0.1, 0.15) is 10.6 Å². The molecule has 0 bridgehead atoms. The maximum Gasteiger partial charge on any atom is 0.255 e. The van der Waals surface area contributed by atoms with Gasteiger partial charge in [-0.1, -0.05) is 27.7 Å². The van der Waals surface area contributed by atoms with Gasteiger partial charge in [-0.05, 0) is 36.2 Å². The molecule has 0 aromatic carbocycles. The monoisotopic (exact) mass is 298 g/mol. The highest BCUT2D eigenvalue weighted by molar-refractivity contribution is 7.11. The maximum atomic E-state index is 11.6. The topological polar surface area (TPSA) is 85.2 Å². The van der Waals surface area contributed by atoms with E-state index in [1.54, 1.807) is 0 Å². The predicted molar refractivity (Wildman–Crippen MR) is 86.2 cm³/mol. The Hall–Kier alpha value is -1.30.